The Morgan fingerprint density at radius 3 is 2.10 bits per heavy atom. The number of hydrogen-bond acceptors (Lipinski definition) is 2. The predicted molar refractivity (Wildman–Crippen MR) is 42.6 cm³/mol. The number of carboxylic acids is 1. The van der Waals surface area contributed by atoms with Crippen molar-refractivity contribution >= 4 is 18.4 Å². The van der Waals surface area contributed by atoms with Gasteiger partial charge in [0.05, 0.1) is 5.41 Å². The van der Waals surface area contributed by atoms with E-state index in [1.54, 1.807) is 20.9 Å². The first-order chi connectivity index (χ1) is 4.00. The van der Waals surface area contributed by atoms with Gasteiger partial charge in [0.1, 0.15) is 0 Å². The molecule has 0 fully saturated rings. The average molecular weight is 168 g/mol. The molecule has 0 rings (SSSR count). The standard InChI is InChI=1S/C6H13NO2.ClH/c1-6(2,4-7-3)5(8)9;/h7H,4H2,1-3H3,(H,8,9);1H. The van der Waals surface area contributed by atoms with Gasteiger partial charge in [-0.15, -0.1) is 12.4 Å². The predicted octanol–water partition coefficient (Wildman–Crippen LogP) is 0.738. The second-order valence-corrected chi connectivity index (χ2v) is 2.72. The van der Waals surface area contributed by atoms with E-state index in [4.69, 9.17) is 5.11 Å². The molecule has 0 saturated carbocycles. The van der Waals surface area contributed by atoms with Crippen LogP contribution in [0.5, 0.6) is 0 Å². The van der Waals surface area contributed by atoms with Gasteiger partial charge < -0.3 is 10.4 Å². The Hall–Kier alpha value is -0.280. The zero-order chi connectivity index (χ0) is 7.49. The lowest BCUT2D eigenvalue weighted by Gasteiger charge is -2.17. The fourth-order valence-corrected chi connectivity index (χ4v) is 0.518. The van der Waals surface area contributed by atoms with Crippen LogP contribution in [-0.2, 0) is 4.79 Å². The summed E-state index contributed by atoms with van der Waals surface area (Å²) >= 11 is 0. The van der Waals surface area contributed by atoms with Crippen LogP contribution in [0.1, 0.15) is 13.8 Å². The molecule has 10 heavy (non-hydrogen) atoms. The van der Waals surface area contributed by atoms with Crippen LogP contribution in [0.15, 0.2) is 0 Å². The fourth-order valence-electron chi connectivity index (χ4n) is 0.518. The molecule has 4 heteroatoms. The van der Waals surface area contributed by atoms with Gasteiger partial charge in [-0.1, -0.05) is 0 Å². The maximum absolute atomic E-state index is 10.4. The largest absolute Gasteiger partial charge is 0.481 e. The minimum absolute atomic E-state index is 0. The number of rotatable bonds is 3. The Morgan fingerprint density at radius 1 is 1.60 bits per heavy atom. The maximum Gasteiger partial charge on any atom is 0.310 e. The molecule has 0 bridgehead atoms. The molecule has 2 N–H and O–H groups in total. The lowest BCUT2D eigenvalue weighted by molar-refractivity contribution is -0.146. The van der Waals surface area contributed by atoms with Crippen LogP contribution < -0.4 is 5.32 Å². The molecule has 3 nitrogen and oxygen atoms in total. The van der Waals surface area contributed by atoms with Crippen molar-refractivity contribution in [2.75, 3.05) is 13.6 Å². The second kappa shape index (κ2) is 4.52. The minimum Gasteiger partial charge on any atom is -0.481 e. The van der Waals surface area contributed by atoms with Crippen molar-refractivity contribution in [3.63, 3.8) is 0 Å². The van der Waals surface area contributed by atoms with Gasteiger partial charge in [0.25, 0.3) is 0 Å². The SMILES string of the molecule is CNCC(C)(C)C(=O)O.Cl. The van der Waals surface area contributed by atoms with Crippen LogP contribution in [0.25, 0.3) is 0 Å². The van der Waals surface area contributed by atoms with Crippen molar-refractivity contribution in [2.45, 2.75) is 13.8 Å². The van der Waals surface area contributed by atoms with Crippen LogP contribution in [0.2, 0.25) is 0 Å². The Kier molecular flexibility index (Phi) is 5.61. The van der Waals surface area contributed by atoms with Gasteiger partial charge in [-0.3, -0.25) is 4.79 Å². The van der Waals surface area contributed by atoms with Gasteiger partial charge >= 0.3 is 5.97 Å². The number of hydrogen-bond donors (Lipinski definition) is 2. The van der Waals surface area contributed by atoms with E-state index in [9.17, 15) is 4.79 Å². The normalized spacial score (nSPS) is 10.3. The molecule has 0 aromatic rings. The third-order valence-corrected chi connectivity index (χ3v) is 1.20. The van der Waals surface area contributed by atoms with Crippen LogP contribution in [0, 0.1) is 5.41 Å². The molecule has 0 heterocycles. The molecule has 0 saturated heterocycles. The van der Waals surface area contributed by atoms with Crippen molar-refractivity contribution in [1.82, 2.24) is 5.32 Å². The van der Waals surface area contributed by atoms with Crippen molar-refractivity contribution in [3.8, 4) is 0 Å². The third-order valence-electron chi connectivity index (χ3n) is 1.20. The molecule has 0 unspecified atom stereocenters. The average Bonchev–Trinajstić information content (AvgIpc) is 1.65. The van der Waals surface area contributed by atoms with Crippen molar-refractivity contribution in [1.29, 1.82) is 0 Å². The Morgan fingerprint density at radius 2 is 2.00 bits per heavy atom. The second-order valence-electron chi connectivity index (χ2n) is 2.72. The van der Waals surface area contributed by atoms with Crippen LogP contribution in [0.3, 0.4) is 0 Å². The number of halogens is 1. The van der Waals surface area contributed by atoms with Crippen molar-refractivity contribution < 1.29 is 9.90 Å². The van der Waals surface area contributed by atoms with E-state index < -0.39 is 11.4 Å². The van der Waals surface area contributed by atoms with Gasteiger partial charge in [0.15, 0.2) is 0 Å². The van der Waals surface area contributed by atoms with Gasteiger partial charge in [-0.2, -0.15) is 0 Å². The monoisotopic (exact) mass is 167 g/mol. The summed E-state index contributed by atoms with van der Waals surface area (Å²) in [6, 6.07) is 0. The Bertz CT molecular complexity index is 114. The van der Waals surface area contributed by atoms with Crippen LogP contribution in [0.4, 0.5) is 0 Å². The fraction of sp³-hybridized carbons (Fsp3) is 0.833. The molecule has 0 aliphatic rings. The summed E-state index contributed by atoms with van der Waals surface area (Å²) in [4.78, 5) is 10.4. The molecule has 62 valence electrons. The van der Waals surface area contributed by atoms with E-state index in [-0.39, 0.29) is 12.4 Å². The van der Waals surface area contributed by atoms with Crippen LogP contribution >= 0.6 is 12.4 Å². The van der Waals surface area contributed by atoms with Gasteiger partial charge in [0.2, 0.25) is 0 Å². The first-order valence-corrected chi connectivity index (χ1v) is 2.88. The van der Waals surface area contributed by atoms with Gasteiger partial charge in [-0.05, 0) is 20.9 Å². The lowest BCUT2D eigenvalue weighted by atomic mass is 9.94. The minimum atomic E-state index is -0.767. The Labute approximate surface area is 67.2 Å². The van der Waals surface area contributed by atoms with E-state index in [0.717, 1.165) is 0 Å². The summed E-state index contributed by atoms with van der Waals surface area (Å²) in [5.41, 5.74) is -0.644. The van der Waals surface area contributed by atoms with E-state index in [1.807, 2.05) is 0 Å². The molecule has 0 aromatic carbocycles. The highest BCUT2D eigenvalue weighted by atomic mass is 35.5. The molecule has 0 amide bonds. The molecule has 0 spiro atoms. The topological polar surface area (TPSA) is 49.3 Å². The summed E-state index contributed by atoms with van der Waals surface area (Å²) in [6.45, 7) is 3.88. The number of carboxylic acid groups (broad SMARTS) is 1. The first kappa shape index (κ1) is 12.4. The Balaban J connectivity index is 0. The van der Waals surface area contributed by atoms with E-state index >= 15 is 0 Å². The third kappa shape index (κ3) is 3.69. The summed E-state index contributed by atoms with van der Waals surface area (Å²) < 4.78 is 0. The zero-order valence-corrected chi connectivity index (χ0v) is 7.29. The highest BCUT2D eigenvalue weighted by Crippen LogP contribution is 2.12. The smallest absolute Gasteiger partial charge is 0.310 e. The highest BCUT2D eigenvalue weighted by Gasteiger charge is 2.25. The number of nitrogens with one attached hydrogen (secondary N) is 1. The van der Waals surface area contributed by atoms with Gasteiger partial charge in [0, 0.05) is 6.54 Å². The molecule has 0 aliphatic carbocycles. The summed E-state index contributed by atoms with van der Waals surface area (Å²) in [5.74, 6) is -0.767. The number of aliphatic carboxylic acids is 1. The van der Waals surface area contributed by atoms with E-state index in [0.29, 0.717) is 6.54 Å². The molecular weight excluding hydrogens is 154 g/mol. The molecule has 0 radical (unpaired) electrons. The van der Waals surface area contributed by atoms with E-state index in [1.165, 1.54) is 0 Å². The zero-order valence-electron chi connectivity index (χ0n) is 6.47. The molecule has 0 atom stereocenters. The summed E-state index contributed by atoms with van der Waals surface area (Å²) in [6.07, 6.45) is 0. The summed E-state index contributed by atoms with van der Waals surface area (Å²) in [7, 11) is 1.74. The van der Waals surface area contributed by atoms with Crippen molar-refractivity contribution in [2.24, 2.45) is 5.41 Å². The molecular formula is C6H14ClNO2. The lowest BCUT2D eigenvalue weighted by Crippen LogP contribution is -2.34. The quantitative estimate of drug-likeness (QED) is 0.652. The first-order valence-electron chi connectivity index (χ1n) is 2.88. The summed E-state index contributed by atoms with van der Waals surface area (Å²) in [5, 5.41) is 11.3. The molecule has 0 aromatic heterocycles. The van der Waals surface area contributed by atoms with Gasteiger partial charge in [-0.25, -0.2) is 0 Å². The molecule has 0 aliphatic heterocycles. The maximum atomic E-state index is 10.4. The number of carbonyl (C=O) groups is 1. The highest BCUT2D eigenvalue weighted by molar-refractivity contribution is 5.85. The van der Waals surface area contributed by atoms with Crippen LogP contribution in [-0.4, -0.2) is 24.7 Å². The van der Waals surface area contributed by atoms with Crippen molar-refractivity contribution in [3.05, 3.63) is 0 Å². The van der Waals surface area contributed by atoms with E-state index in [2.05, 4.69) is 5.32 Å².